The van der Waals surface area contributed by atoms with Crippen molar-refractivity contribution in [2.75, 3.05) is 13.1 Å². The molecule has 6 heteroatoms. The molecule has 0 aromatic heterocycles. The fourth-order valence-electron chi connectivity index (χ4n) is 2.93. The first-order chi connectivity index (χ1) is 9.80. The number of halogens is 3. The van der Waals surface area contributed by atoms with Crippen LogP contribution < -0.4 is 5.32 Å². The number of carbonyl (C=O) groups is 1. The molecule has 1 fully saturated rings. The van der Waals surface area contributed by atoms with Gasteiger partial charge in [-0.25, -0.2) is 4.79 Å². The minimum absolute atomic E-state index is 0.183. The van der Waals surface area contributed by atoms with Crippen LogP contribution >= 0.6 is 0 Å². The molecule has 1 aromatic carbocycles. The van der Waals surface area contributed by atoms with E-state index >= 15 is 0 Å². The van der Waals surface area contributed by atoms with Crippen molar-refractivity contribution in [1.29, 1.82) is 0 Å². The van der Waals surface area contributed by atoms with E-state index in [-0.39, 0.29) is 23.0 Å². The van der Waals surface area contributed by atoms with E-state index in [9.17, 15) is 18.0 Å². The van der Waals surface area contributed by atoms with Crippen LogP contribution in [0.4, 0.5) is 13.2 Å². The van der Waals surface area contributed by atoms with Gasteiger partial charge in [-0.2, -0.15) is 13.2 Å². The second kappa shape index (κ2) is 6.05. The van der Waals surface area contributed by atoms with Gasteiger partial charge in [0, 0.05) is 0 Å². The molecule has 0 saturated carbocycles. The molecule has 1 aliphatic heterocycles. The maximum absolute atomic E-state index is 13.2. The monoisotopic (exact) mass is 301 g/mol. The highest BCUT2D eigenvalue weighted by Gasteiger charge is 2.36. The average molecular weight is 301 g/mol. The predicted octanol–water partition coefficient (Wildman–Crippen LogP) is 3.51. The van der Waals surface area contributed by atoms with Gasteiger partial charge >= 0.3 is 12.1 Å². The molecule has 1 aromatic rings. The highest BCUT2D eigenvalue weighted by atomic mass is 19.4. The van der Waals surface area contributed by atoms with Gasteiger partial charge in [0.15, 0.2) is 0 Å². The number of hydrogen-bond donors (Lipinski definition) is 2. The van der Waals surface area contributed by atoms with Crippen molar-refractivity contribution in [3.05, 3.63) is 34.9 Å². The summed E-state index contributed by atoms with van der Waals surface area (Å²) in [5.41, 5.74) is -0.962. The molecule has 21 heavy (non-hydrogen) atoms. The fraction of sp³-hybridized carbons (Fsp3) is 0.533. The van der Waals surface area contributed by atoms with E-state index < -0.39 is 17.7 Å². The van der Waals surface area contributed by atoms with Crippen molar-refractivity contribution >= 4 is 5.97 Å². The van der Waals surface area contributed by atoms with Gasteiger partial charge in [0.1, 0.15) is 0 Å². The predicted molar refractivity (Wildman–Crippen MR) is 72.4 cm³/mol. The lowest BCUT2D eigenvalue weighted by Crippen LogP contribution is -2.30. The van der Waals surface area contributed by atoms with E-state index in [0.717, 1.165) is 32.0 Å². The number of benzene rings is 1. The first kappa shape index (κ1) is 15.8. The van der Waals surface area contributed by atoms with E-state index in [1.54, 1.807) is 6.92 Å². The molecule has 0 bridgehead atoms. The summed E-state index contributed by atoms with van der Waals surface area (Å²) in [4.78, 5) is 10.9. The maximum Gasteiger partial charge on any atom is 0.416 e. The van der Waals surface area contributed by atoms with Crippen LogP contribution in [0.15, 0.2) is 18.2 Å². The summed E-state index contributed by atoms with van der Waals surface area (Å²) in [7, 11) is 0. The van der Waals surface area contributed by atoms with Gasteiger partial charge in [0.2, 0.25) is 0 Å². The molecule has 1 saturated heterocycles. The molecule has 1 aliphatic rings. The van der Waals surface area contributed by atoms with Crippen LogP contribution in [0.2, 0.25) is 0 Å². The Morgan fingerprint density at radius 2 is 1.95 bits per heavy atom. The summed E-state index contributed by atoms with van der Waals surface area (Å²) in [6.07, 6.45) is -2.87. The SMILES string of the molecule is CC(c1ccc(C(=O)O)cc1C(F)(F)F)C1CCNCC1. The van der Waals surface area contributed by atoms with Gasteiger partial charge in [-0.05, 0) is 55.5 Å². The summed E-state index contributed by atoms with van der Waals surface area (Å²) < 4.78 is 39.6. The molecular formula is C15H18F3NO2. The number of rotatable bonds is 3. The molecule has 0 amide bonds. The van der Waals surface area contributed by atoms with Crippen LogP contribution in [0.5, 0.6) is 0 Å². The van der Waals surface area contributed by atoms with Gasteiger partial charge in [0.05, 0.1) is 11.1 Å². The Kier molecular flexibility index (Phi) is 4.56. The Hall–Kier alpha value is -1.56. The van der Waals surface area contributed by atoms with E-state index in [2.05, 4.69) is 5.32 Å². The van der Waals surface area contributed by atoms with Crippen LogP contribution in [0.1, 0.15) is 47.2 Å². The molecule has 1 heterocycles. The molecule has 0 radical (unpaired) electrons. The van der Waals surface area contributed by atoms with Crippen LogP contribution in [-0.2, 0) is 6.18 Å². The summed E-state index contributed by atoms with van der Waals surface area (Å²) in [5.74, 6) is -1.41. The minimum atomic E-state index is -4.54. The normalized spacial score (nSPS) is 18.5. The smallest absolute Gasteiger partial charge is 0.416 e. The number of carboxylic acids is 1. The van der Waals surface area contributed by atoms with Crippen molar-refractivity contribution < 1.29 is 23.1 Å². The highest BCUT2D eigenvalue weighted by Crippen LogP contribution is 2.40. The van der Waals surface area contributed by atoms with Gasteiger partial charge in [-0.15, -0.1) is 0 Å². The van der Waals surface area contributed by atoms with Gasteiger partial charge < -0.3 is 10.4 Å². The van der Waals surface area contributed by atoms with Crippen molar-refractivity contribution in [3.8, 4) is 0 Å². The topological polar surface area (TPSA) is 49.3 Å². The molecule has 116 valence electrons. The number of carboxylic acid groups (broad SMARTS) is 1. The van der Waals surface area contributed by atoms with Gasteiger partial charge in [0.25, 0.3) is 0 Å². The summed E-state index contributed by atoms with van der Waals surface area (Å²) >= 11 is 0. The van der Waals surface area contributed by atoms with Crippen molar-refractivity contribution in [1.82, 2.24) is 5.32 Å². The van der Waals surface area contributed by atoms with Crippen molar-refractivity contribution in [2.24, 2.45) is 5.92 Å². The van der Waals surface area contributed by atoms with E-state index in [4.69, 9.17) is 5.11 Å². The van der Waals surface area contributed by atoms with E-state index in [1.807, 2.05) is 0 Å². The fourth-order valence-corrected chi connectivity index (χ4v) is 2.93. The second-order valence-electron chi connectivity index (χ2n) is 5.48. The quantitative estimate of drug-likeness (QED) is 0.898. The number of hydrogen-bond acceptors (Lipinski definition) is 2. The zero-order chi connectivity index (χ0) is 15.6. The maximum atomic E-state index is 13.2. The Morgan fingerprint density at radius 1 is 1.33 bits per heavy atom. The third kappa shape index (κ3) is 3.56. The first-order valence-corrected chi connectivity index (χ1v) is 6.96. The lowest BCUT2D eigenvalue weighted by Gasteiger charge is -2.30. The summed E-state index contributed by atoms with van der Waals surface area (Å²) in [5, 5.41) is 12.1. The Bertz CT molecular complexity index is 522. The summed E-state index contributed by atoms with van der Waals surface area (Å²) in [6, 6.07) is 3.32. The first-order valence-electron chi connectivity index (χ1n) is 6.96. The second-order valence-corrected chi connectivity index (χ2v) is 5.48. The third-order valence-electron chi connectivity index (χ3n) is 4.19. The molecule has 1 atom stereocenters. The van der Waals surface area contributed by atoms with Gasteiger partial charge in [-0.1, -0.05) is 13.0 Å². The molecular weight excluding hydrogens is 283 g/mol. The molecule has 1 unspecified atom stereocenters. The summed E-state index contributed by atoms with van der Waals surface area (Å²) in [6.45, 7) is 3.41. The number of piperidine rings is 1. The molecule has 0 spiro atoms. The zero-order valence-electron chi connectivity index (χ0n) is 11.7. The van der Waals surface area contributed by atoms with E-state index in [1.165, 1.54) is 12.1 Å². The standard InChI is InChI=1S/C15H18F3NO2/c1-9(10-4-6-19-7-5-10)12-3-2-11(14(20)21)8-13(12)15(16,17)18/h2-3,8-10,19H,4-7H2,1H3,(H,20,21). The Balaban J connectivity index is 2.39. The molecule has 2 N–H and O–H groups in total. The number of alkyl halides is 3. The van der Waals surface area contributed by atoms with E-state index in [0.29, 0.717) is 0 Å². The molecule has 3 nitrogen and oxygen atoms in total. The van der Waals surface area contributed by atoms with Crippen LogP contribution in [-0.4, -0.2) is 24.2 Å². The lowest BCUT2D eigenvalue weighted by molar-refractivity contribution is -0.138. The van der Waals surface area contributed by atoms with Crippen LogP contribution in [0, 0.1) is 5.92 Å². The number of aromatic carboxylic acids is 1. The van der Waals surface area contributed by atoms with Crippen molar-refractivity contribution in [3.63, 3.8) is 0 Å². The average Bonchev–Trinajstić information content (AvgIpc) is 2.46. The van der Waals surface area contributed by atoms with Gasteiger partial charge in [-0.3, -0.25) is 0 Å². The van der Waals surface area contributed by atoms with Crippen LogP contribution in [0.3, 0.4) is 0 Å². The highest BCUT2D eigenvalue weighted by molar-refractivity contribution is 5.88. The van der Waals surface area contributed by atoms with Crippen molar-refractivity contribution in [2.45, 2.75) is 31.9 Å². The molecule has 0 aliphatic carbocycles. The Morgan fingerprint density at radius 3 is 2.48 bits per heavy atom. The number of nitrogens with one attached hydrogen (secondary N) is 1. The Labute approximate surface area is 121 Å². The lowest BCUT2D eigenvalue weighted by atomic mass is 9.79. The molecule has 2 rings (SSSR count). The third-order valence-corrected chi connectivity index (χ3v) is 4.19. The largest absolute Gasteiger partial charge is 0.478 e. The van der Waals surface area contributed by atoms with Crippen LogP contribution in [0.25, 0.3) is 0 Å². The minimum Gasteiger partial charge on any atom is -0.478 e. The zero-order valence-corrected chi connectivity index (χ0v) is 11.7.